The number of benzene rings is 1. The van der Waals surface area contributed by atoms with E-state index in [9.17, 15) is 5.11 Å². The number of nitrogens with zero attached hydrogens (tertiary/aromatic N) is 2. The van der Waals surface area contributed by atoms with Gasteiger partial charge in [-0.2, -0.15) is 0 Å². The van der Waals surface area contributed by atoms with Gasteiger partial charge in [-0.15, -0.1) is 24.0 Å². The van der Waals surface area contributed by atoms with Crippen LogP contribution in [0.1, 0.15) is 42.4 Å². The van der Waals surface area contributed by atoms with Gasteiger partial charge in [-0.3, -0.25) is 0 Å². The summed E-state index contributed by atoms with van der Waals surface area (Å²) in [6.07, 6.45) is 1.71. The van der Waals surface area contributed by atoms with Crippen LogP contribution in [0.4, 0.5) is 0 Å². The number of aliphatic imine (C=N–C) groups is 1. The van der Waals surface area contributed by atoms with Crippen molar-refractivity contribution in [1.82, 2.24) is 15.6 Å². The molecule has 0 saturated carbocycles. The molecule has 7 nitrogen and oxygen atoms in total. The predicted octanol–water partition coefficient (Wildman–Crippen LogP) is 4.44. The number of aliphatic hydroxyl groups is 1. The van der Waals surface area contributed by atoms with Gasteiger partial charge in [0.25, 0.3) is 0 Å². The molecule has 3 aromatic rings. The first-order valence-corrected chi connectivity index (χ1v) is 10.1. The first-order valence-electron chi connectivity index (χ1n) is 10.1. The largest absolute Gasteiger partial charge is 0.466 e. The summed E-state index contributed by atoms with van der Waals surface area (Å²) in [5.41, 5.74) is 1.84. The molecule has 0 spiro atoms. The number of guanidine groups is 1. The lowest BCUT2D eigenvalue weighted by Crippen LogP contribution is -2.44. The van der Waals surface area contributed by atoms with Crippen LogP contribution in [0.5, 0.6) is 0 Å². The Morgan fingerprint density at radius 3 is 2.45 bits per heavy atom. The average molecular weight is 538 g/mol. The van der Waals surface area contributed by atoms with Gasteiger partial charge < -0.3 is 24.6 Å². The lowest BCUT2D eigenvalue weighted by Gasteiger charge is -2.24. The first-order chi connectivity index (χ1) is 14.3. The summed E-state index contributed by atoms with van der Waals surface area (Å²) in [5.74, 6) is 3.30. The number of nitrogens with one attached hydrogen (secondary N) is 2. The highest BCUT2D eigenvalue weighted by Gasteiger charge is 2.27. The zero-order valence-electron chi connectivity index (χ0n) is 18.7. The molecule has 0 bridgehead atoms. The Bertz CT molecular complexity index is 1010. The van der Waals surface area contributed by atoms with Gasteiger partial charge in [-0.05, 0) is 40.7 Å². The summed E-state index contributed by atoms with van der Waals surface area (Å²) in [6.45, 7) is 10.8. The number of hydrogen-bond acceptors (Lipinski definition) is 5. The van der Waals surface area contributed by atoms with Gasteiger partial charge >= 0.3 is 0 Å². The van der Waals surface area contributed by atoms with E-state index in [0.29, 0.717) is 29.9 Å². The van der Waals surface area contributed by atoms with Crippen LogP contribution in [-0.2, 0) is 12.1 Å². The summed E-state index contributed by atoms with van der Waals surface area (Å²) in [4.78, 5) is 8.86. The molecule has 1 unspecified atom stereocenters. The Balaban J connectivity index is 0.00000341. The number of oxazole rings is 1. The van der Waals surface area contributed by atoms with Crippen LogP contribution in [0.3, 0.4) is 0 Å². The highest BCUT2D eigenvalue weighted by atomic mass is 127. The van der Waals surface area contributed by atoms with Gasteiger partial charge in [0.2, 0.25) is 5.89 Å². The minimum Gasteiger partial charge on any atom is -0.466 e. The van der Waals surface area contributed by atoms with E-state index in [2.05, 4.69) is 20.6 Å². The molecule has 168 valence electrons. The minimum atomic E-state index is -1.10. The van der Waals surface area contributed by atoms with Crippen molar-refractivity contribution in [2.75, 3.05) is 13.1 Å². The fourth-order valence-corrected chi connectivity index (χ4v) is 3.24. The van der Waals surface area contributed by atoms with E-state index in [1.54, 1.807) is 13.1 Å². The van der Waals surface area contributed by atoms with Crippen molar-refractivity contribution >= 4 is 29.9 Å². The molecule has 2 aromatic heterocycles. The number of furan rings is 1. The van der Waals surface area contributed by atoms with Gasteiger partial charge in [0.1, 0.15) is 23.7 Å². The third-order valence-corrected chi connectivity index (χ3v) is 4.83. The van der Waals surface area contributed by atoms with E-state index < -0.39 is 5.60 Å². The fourth-order valence-electron chi connectivity index (χ4n) is 3.24. The summed E-state index contributed by atoms with van der Waals surface area (Å²) in [5, 5.41) is 17.3. The van der Waals surface area contributed by atoms with Crippen LogP contribution in [-0.4, -0.2) is 29.1 Å². The Morgan fingerprint density at radius 1 is 1.13 bits per heavy atom. The molecule has 31 heavy (non-hydrogen) atoms. The van der Waals surface area contributed by atoms with E-state index in [4.69, 9.17) is 8.83 Å². The number of hydrogen-bond donors (Lipinski definition) is 3. The van der Waals surface area contributed by atoms with Crippen LogP contribution in [0.25, 0.3) is 11.3 Å². The maximum absolute atomic E-state index is 10.9. The van der Waals surface area contributed by atoms with E-state index in [-0.39, 0.29) is 37.1 Å². The SMILES string of the molecule is CCNC(=NCc1ncc(-c2ccc(C)cc2)o1)NCC(C)(O)c1cc(C)oc1C.I. The minimum absolute atomic E-state index is 0. The highest BCUT2D eigenvalue weighted by Crippen LogP contribution is 2.26. The van der Waals surface area contributed by atoms with Crippen molar-refractivity contribution in [3.05, 3.63) is 65.1 Å². The fraction of sp³-hybridized carbons (Fsp3) is 0.391. The molecule has 0 saturated heterocycles. The summed E-state index contributed by atoms with van der Waals surface area (Å²) < 4.78 is 11.4. The molecule has 3 N–H and O–H groups in total. The predicted molar refractivity (Wildman–Crippen MR) is 133 cm³/mol. The molecule has 0 aliphatic carbocycles. The third-order valence-electron chi connectivity index (χ3n) is 4.83. The Morgan fingerprint density at radius 2 is 1.84 bits per heavy atom. The molecule has 0 aliphatic rings. The van der Waals surface area contributed by atoms with Gasteiger partial charge in [0, 0.05) is 17.7 Å². The normalized spacial score (nSPS) is 13.4. The molecule has 8 heteroatoms. The van der Waals surface area contributed by atoms with Crippen LogP contribution in [0, 0.1) is 20.8 Å². The second-order valence-corrected chi connectivity index (χ2v) is 7.63. The maximum Gasteiger partial charge on any atom is 0.216 e. The lowest BCUT2D eigenvalue weighted by molar-refractivity contribution is 0.0601. The zero-order chi connectivity index (χ0) is 21.7. The van der Waals surface area contributed by atoms with E-state index in [1.165, 1.54) is 5.56 Å². The molecule has 0 aliphatic heterocycles. The topological polar surface area (TPSA) is 95.8 Å². The zero-order valence-corrected chi connectivity index (χ0v) is 21.0. The van der Waals surface area contributed by atoms with Crippen LogP contribution >= 0.6 is 24.0 Å². The lowest BCUT2D eigenvalue weighted by atomic mass is 9.96. The van der Waals surface area contributed by atoms with Crippen molar-refractivity contribution in [1.29, 1.82) is 0 Å². The third kappa shape index (κ3) is 6.57. The monoisotopic (exact) mass is 538 g/mol. The molecular weight excluding hydrogens is 507 g/mol. The number of aryl methyl sites for hydroxylation is 3. The highest BCUT2D eigenvalue weighted by molar-refractivity contribution is 14.0. The number of halogens is 1. The molecule has 1 aromatic carbocycles. The Hall–Kier alpha value is -2.33. The molecule has 0 radical (unpaired) electrons. The van der Waals surface area contributed by atoms with Gasteiger partial charge in [0.15, 0.2) is 11.7 Å². The van der Waals surface area contributed by atoms with Gasteiger partial charge in [0.05, 0.1) is 12.7 Å². The van der Waals surface area contributed by atoms with Crippen LogP contribution in [0.2, 0.25) is 0 Å². The number of aromatic nitrogens is 1. The van der Waals surface area contributed by atoms with Crippen molar-refractivity contribution < 1.29 is 13.9 Å². The molecule has 3 rings (SSSR count). The average Bonchev–Trinajstić information content (AvgIpc) is 3.31. The smallest absolute Gasteiger partial charge is 0.216 e. The van der Waals surface area contributed by atoms with Crippen LogP contribution < -0.4 is 10.6 Å². The summed E-state index contributed by atoms with van der Waals surface area (Å²) in [7, 11) is 0. The van der Waals surface area contributed by atoms with Crippen LogP contribution in [0.15, 0.2) is 50.4 Å². The second kappa shape index (κ2) is 10.8. The van der Waals surface area contributed by atoms with Crippen molar-refractivity contribution in [2.45, 2.75) is 46.8 Å². The molecule has 1 atom stereocenters. The second-order valence-electron chi connectivity index (χ2n) is 7.63. The number of rotatable bonds is 7. The molecule has 0 amide bonds. The summed E-state index contributed by atoms with van der Waals surface area (Å²) in [6, 6.07) is 9.96. The van der Waals surface area contributed by atoms with Crippen molar-refractivity contribution in [3.63, 3.8) is 0 Å². The Labute approximate surface area is 200 Å². The van der Waals surface area contributed by atoms with E-state index in [0.717, 1.165) is 16.9 Å². The standard InChI is InChI=1S/C23H30N4O3.HI/c1-6-24-22(27-14-23(5,28)19-11-16(3)29-17(19)4)26-13-21-25-12-20(30-21)18-9-7-15(2)8-10-18;/h7-12,28H,6,13-14H2,1-5H3,(H2,24,26,27);1H. The van der Waals surface area contributed by atoms with Crippen molar-refractivity contribution in [3.8, 4) is 11.3 Å². The summed E-state index contributed by atoms with van der Waals surface area (Å²) >= 11 is 0. The van der Waals surface area contributed by atoms with Gasteiger partial charge in [-0.1, -0.05) is 29.8 Å². The quantitative estimate of drug-likeness (QED) is 0.234. The molecular formula is C23H31IN4O3. The van der Waals surface area contributed by atoms with Gasteiger partial charge in [-0.25, -0.2) is 9.98 Å². The van der Waals surface area contributed by atoms with E-state index >= 15 is 0 Å². The molecule has 0 fully saturated rings. The van der Waals surface area contributed by atoms with Crippen molar-refractivity contribution in [2.24, 2.45) is 4.99 Å². The van der Waals surface area contributed by atoms with E-state index in [1.807, 2.05) is 58.0 Å². The molecule has 2 heterocycles. The maximum atomic E-state index is 10.9. The Kier molecular flexibility index (Phi) is 8.69. The first kappa shape index (κ1) is 24.9.